The van der Waals surface area contributed by atoms with Crippen LogP contribution in [0, 0.1) is 0 Å². The maximum absolute atomic E-state index is 10.5. The summed E-state index contributed by atoms with van der Waals surface area (Å²) in [6.07, 6.45) is 0.697. The van der Waals surface area contributed by atoms with Crippen LogP contribution in [0.5, 0.6) is 0 Å². The van der Waals surface area contributed by atoms with Gasteiger partial charge in [0.2, 0.25) is 0 Å². The molecule has 0 aliphatic rings. The number of nitrogens with one attached hydrogen (secondary N) is 1. The van der Waals surface area contributed by atoms with Crippen molar-refractivity contribution in [2.24, 2.45) is 0 Å². The minimum Gasteiger partial charge on any atom is -0.371 e. The Morgan fingerprint density at radius 2 is 2.15 bits per heavy atom. The van der Waals surface area contributed by atoms with Crippen molar-refractivity contribution >= 4 is 23.1 Å². The molecule has 0 aliphatic heterocycles. The smallest absolute Gasteiger partial charge is 0.172 e. The van der Waals surface area contributed by atoms with Crippen molar-refractivity contribution in [3.8, 4) is 0 Å². The average molecular weight is 199 g/mol. The summed E-state index contributed by atoms with van der Waals surface area (Å²) in [6, 6.07) is 6.78. The summed E-state index contributed by atoms with van der Waals surface area (Å²) in [5.74, 6) is -0.0785. The Hall–Kier alpha value is -1.20. The Kier molecular flexibility index (Phi) is 3.60. The molecule has 1 atom stereocenters. The minimum absolute atomic E-state index is 0.0785. The fraction of sp³-hybridized carbons (Fsp3) is 0.125. The molecule has 4 nitrogen and oxygen atoms in total. The molecule has 0 radical (unpaired) electrons. The van der Waals surface area contributed by atoms with Crippen molar-refractivity contribution in [1.82, 2.24) is 0 Å². The fourth-order valence-electron chi connectivity index (χ4n) is 0.900. The summed E-state index contributed by atoms with van der Waals surface area (Å²) in [7, 11) is 0. The highest BCUT2D eigenvalue weighted by atomic mass is 32.2. The second-order valence-corrected chi connectivity index (χ2v) is 3.28. The van der Waals surface area contributed by atoms with E-state index in [0.29, 0.717) is 17.5 Å². The van der Waals surface area contributed by atoms with Crippen LogP contribution in [0.25, 0.3) is 0 Å². The summed E-state index contributed by atoms with van der Waals surface area (Å²) in [6.45, 7) is 0. The molecule has 0 heterocycles. The van der Waals surface area contributed by atoms with E-state index in [0.717, 1.165) is 0 Å². The first-order valence-corrected chi connectivity index (χ1v) is 4.87. The lowest BCUT2D eigenvalue weighted by Crippen LogP contribution is -2.08. The predicted octanol–water partition coefficient (Wildman–Crippen LogP) is 1.09. The molecule has 0 saturated heterocycles. The summed E-state index contributed by atoms with van der Waals surface area (Å²) >= 11 is -1.90. The van der Waals surface area contributed by atoms with Gasteiger partial charge in [0.15, 0.2) is 17.4 Å². The lowest BCUT2D eigenvalue weighted by molar-refractivity contribution is 0.112. The summed E-state index contributed by atoms with van der Waals surface area (Å²) in [4.78, 5) is 10.5. The number of benzene rings is 1. The largest absolute Gasteiger partial charge is 0.371 e. The van der Waals surface area contributed by atoms with Gasteiger partial charge in [-0.1, -0.05) is 12.1 Å². The molecule has 0 bridgehead atoms. The van der Waals surface area contributed by atoms with E-state index in [1.807, 2.05) is 0 Å². The topological polar surface area (TPSA) is 66.4 Å². The fourth-order valence-corrected chi connectivity index (χ4v) is 1.18. The second kappa shape index (κ2) is 4.74. The minimum atomic E-state index is -1.90. The summed E-state index contributed by atoms with van der Waals surface area (Å²) < 4.78 is 18.8. The van der Waals surface area contributed by atoms with Gasteiger partial charge < -0.3 is 9.87 Å². The number of rotatable bonds is 4. The molecule has 0 saturated carbocycles. The number of carbonyl (C=O) groups excluding carboxylic acids is 1. The van der Waals surface area contributed by atoms with Crippen molar-refractivity contribution < 1.29 is 13.6 Å². The van der Waals surface area contributed by atoms with E-state index in [1.165, 1.54) is 0 Å². The second-order valence-electron chi connectivity index (χ2n) is 2.35. The molecule has 0 aliphatic carbocycles. The van der Waals surface area contributed by atoms with Crippen LogP contribution in [-0.4, -0.2) is 20.9 Å². The molecule has 0 amide bonds. The van der Waals surface area contributed by atoms with Gasteiger partial charge in [0, 0.05) is 11.3 Å². The monoisotopic (exact) mass is 199 g/mol. The Labute approximate surface area is 78.3 Å². The number of aldehydes is 1. The zero-order chi connectivity index (χ0) is 9.68. The van der Waals surface area contributed by atoms with Crippen LogP contribution >= 0.6 is 0 Å². The van der Waals surface area contributed by atoms with Gasteiger partial charge in [-0.15, -0.1) is 0 Å². The number of para-hydroxylation sites is 1. The van der Waals surface area contributed by atoms with Crippen LogP contribution in [-0.2, 0) is 11.1 Å². The molecule has 13 heavy (non-hydrogen) atoms. The number of hydrogen-bond donors (Lipinski definition) is 2. The van der Waals surface area contributed by atoms with Gasteiger partial charge in [-0.25, -0.2) is 4.21 Å². The first kappa shape index (κ1) is 9.88. The first-order chi connectivity index (χ1) is 6.24. The van der Waals surface area contributed by atoms with E-state index < -0.39 is 11.1 Å². The van der Waals surface area contributed by atoms with E-state index in [-0.39, 0.29) is 5.88 Å². The van der Waals surface area contributed by atoms with Crippen molar-refractivity contribution in [1.29, 1.82) is 0 Å². The molecule has 1 unspecified atom stereocenters. The molecule has 1 aromatic rings. The maximum Gasteiger partial charge on any atom is 0.172 e. The quantitative estimate of drug-likeness (QED) is 0.562. The number of carbonyl (C=O) groups is 1. The standard InChI is InChI=1S/C8H9NO3S/c10-5-7-3-1-2-4-8(7)9-6-13(11)12/h1-5,9H,6H2,(H,11,12). The van der Waals surface area contributed by atoms with E-state index >= 15 is 0 Å². The maximum atomic E-state index is 10.5. The third kappa shape index (κ3) is 2.96. The molecule has 2 N–H and O–H groups in total. The van der Waals surface area contributed by atoms with E-state index in [1.54, 1.807) is 24.3 Å². The highest BCUT2D eigenvalue weighted by molar-refractivity contribution is 7.79. The molecule has 0 aromatic heterocycles. The third-order valence-electron chi connectivity index (χ3n) is 1.47. The van der Waals surface area contributed by atoms with E-state index in [4.69, 9.17) is 4.55 Å². The summed E-state index contributed by atoms with van der Waals surface area (Å²) in [5, 5.41) is 2.68. The molecule has 0 fully saturated rings. The van der Waals surface area contributed by atoms with Crippen molar-refractivity contribution in [3.05, 3.63) is 29.8 Å². The zero-order valence-corrected chi connectivity index (χ0v) is 7.58. The molecule has 0 spiro atoms. The van der Waals surface area contributed by atoms with Gasteiger partial charge in [0.05, 0.1) is 0 Å². The molecule has 1 aromatic carbocycles. The Morgan fingerprint density at radius 3 is 2.77 bits per heavy atom. The van der Waals surface area contributed by atoms with Gasteiger partial charge in [-0.2, -0.15) is 0 Å². The number of hydrogen-bond acceptors (Lipinski definition) is 3. The van der Waals surface area contributed by atoms with Gasteiger partial charge >= 0.3 is 0 Å². The molecular formula is C8H9NO3S. The third-order valence-corrected chi connectivity index (χ3v) is 1.87. The lowest BCUT2D eigenvalue weighted by atomic mass is 10.2. The normalized spacial score (nSPS) is 12.1. The Bertz CT molecular complexity index is 327. The van der Waals surface area contributed by atoms with Crippen LogP contribution in [0.4, 0.5) is 5.69 Å². The van der Waals surface area contributed by atoms with Crippen molar-refractivity contribution in [3.63, 3.8) is 0 Å². The molecule has 70 valence electrons. The van der Waals surface area contributed by atoms with Crippen LogP contribution in [0.3, 0.4) is 0 Å². The van der Waals surface area contributed by atoms with Crippen LogP contribution in [0.2, 0.25) is 0 Å². The molecular weight excluding hydrogens is 190 g/mol. The number of anilines is 1. The van der Waals surface area contributed by atoms with Crippen molar-refractivity contribution in [2.45, 2.75) is 0 Å². The predicted molar refractivity (Wildman–Crippen MR) is 51.1 cm³/mol. The summed E-state index contributed by atoms with van der Waals surface area (Å²) in [5.41, 5.74) is 1.05. The van der Waals surface area contributed by atoms with Gasteiger partial charge in [0.1, 0.15) is 5.88 Å². The van der Waals surface area contributed by atoms with Gasteiger partial charge in [0.25, 0.3) is 0 Å². The SMILES string of the molecule is O=Cc1ccccc1NCS(=O)O. The Balaban J connectivity index is 2.75. The average Bonchev–Trinajstić information content (AvgIpc) is 2.15. The van der Waals surface area contributed by atoms with Crippen LogP contribution in [0.1, 0.15) is 10.4 Å². The molecule has 5 heteroatoms. The molecule has 1 rings (SSSR count). The van der Waals surface area contributed by atoms with Gasteiger partial charge in [-0.3, -0.25) is 4.79 Å². The van der Waals surface area contributed by atoms with E-state index in [2.05, 4.69) is 5.32 Å². The lowest BCUT2D eigenvalue weighted by Gasteiger charge is -2.05. The van der Waals surface area contributed by atoms with Crippen LogP contribution in [0.15, 0.2) is 24.3 Å². The van der Waals surface area contributed by atoms with Crippen molar-refractivity contribution in [2.75, 3.05) is 11.2 Å². The highest BCUT2D eigenvalue weighted by Crippen LogP contribution is 2.11. The van der Waals surface area contributed by atoms with Gasteiger partial charge in [-0.05, 0) is 12.1 Å². The zero-order valence-electron chi connectivity index (χ0n) is 6.77. The first-order valence-electron chi connectivity index (χ1n) is 3.59. The van der Waals surface area contributed by atoms with Crippen LogP contribution < -0.4 is 5.32 Å². The highest BCUT2D eigenvalue weighted by Gasteiger charge is 1.99. The van der Waals surface area contributed by atoms with E-state index in [9.17, 15) is 9.00 Å². The Morgan fingerprint density at radius 1 is 1.46 bits per heavy atom.